The summed E-state index contributed by atoms with van der Waals surface area (Å²) in [5.74, 6) is 0.585. The van der Waals surface area contributed by atoms with Crippen molar-refractivity contribution in [2.45, 2.75) is 12.8 Å². The van der Waals surface area contributed by atoms with Crippen LogP contribution in [0.5, 0.6) is 0 Å². The number of hydrogen-bond donors (Lipinski definition) is 2. The Hall–Kier alpha value is -0.930. The van der Waals surface area contributed by atoms with E-state index in [4.69, 9.17) is 4.74 Å². The zero-order chi connectivity index (χ0) is 16.9. The summed E-state index contributed by atoms with van der Waals surface area (Å²) in [4.78, 5) is 6.42. The molecule has 1 rings (SSSR count). The second kappa shape index (κ2) is 14.4. The van der Waals surface area contributed by atoms with Crippen LogP contribution in [0, 0.1) is 5.82 Å². The van der Waals surface area contributed by atoms with Gasteiger partial charge in [0.15, 0.2) is 5.96 Å². The van der Waals surface area contributed by atoms with Gasteiger partial charge in [0.2, 0.25) is 0 Å². The number of likely N-dealkylation sites (N-methyl/N-ethyl adjacent to an activating group) is 1. The molecule has 0 aliphatic rings. The predicted molar refractivity (Wildman–Crippen MR) is 109 cm³/mol. The highest BCUT2D eigenvalue weighted by molar-refractivity contribution is 14.0. The quantitative estimate of drug-likeness (QED) is 0.247. The lowest BCUT2D eigenvalue weighted by molar-refractivity contribution is 0.180. The Morgan fingerprint density at radius 2 is 1.92 bits per heavy atom. The minimum Gasteiger partial charge on any atom is -0.385 e. The highest BCUT2D eigenvalue weighted by Crippen LogP contribution is 2.05. The van der Waals surface area contributed by atoms with Gasteiger partial charge < -0.3 is 20.3 Å². The van der Waals surface area contributed by atoms with Crippen molar-refractivity contribution in [1.82, 2.24) is 15.5 Å². The van der Waals surface area contributed by atoms with Crippen molar-refractivity contribution in [3.8, 4) is 0 Å². The third-order valence-corrected chi connectivity index (χ3v) is 3.54. The van der Waals surface area contributed by atoms with E-state index in [-0.39, 0.29) is 29.8 Å². The molecule has 0 spiro atoms. The van der Waals surface area contributed by atoms with Crippen molar-refractivity contribution < 1.29 is 9.13 Å². The molecule has 0 amide bonds. The van der Waals surface area contributed by atoms with Crippen LogP contribution in [0.2, 0.25) is 0 Å². The predicted octanol–water partition coefficient (Wildman–Crippen LogP) is 2.12. The van der Waals surface area contributed by atoms with Gasteiger partial charge >= 0.3 is 0 Å². The summed E-state index contributed by atoms with van der Waals surface area (Å²) in [6.45, 7) is 4.18. The Balaban J connectivity index is 0.00000529. The monoisotopic (exact) mass is 452 g/mol. The largest absolute Gasteiger partial charge is 0.385 e. The summed E-state index contributed by atoms with van der Waals surface area (Å²) in [6, 6.07) is 6.85. The maximum absolute atomic E-state index is 13.5. The SMILES string of the molecule is CN=C(NCCc1ccccc1F)NCCN(C)CCCOC.I. The molecule has 0 fully saturated rings. The number of hydrogen-bond acceptors (Lipinski definition) is 3. The maximum atomic E-state index is 13.5. The third kappa shape index (κ3) is 10.0. The number of benzene rings is 1. The summed E-state index contributed by atoms with van der Waals surface area (Å²) >= 11 is 0. The van der Waals surface area contributed by atoms with Crippen LogP contribution >= 0.6 is 24.0 Å². The van der Waals surface area contributed by atoms with Crippen LogP contribution in [-0.2, 0) is 11.2 Å². The molecule has 1 aromatic rings. The molecular weight excluding hydrogens is 422 g/mol. The topological polar surface area (TPSA) is 48.9 Å². The second-order valence-corrected chi connectivity index (χ2v) is 5.42. The maximum Gasteiger partial charge on any atom is 0.191 e. The lowest BCUT2D eigenvalue weighted by Gasteiger charge is -2.18. The molecule has 2 N–H and O–H groups in total. The molecule has 0 aliphatic carbocycles. The number of nitrogens with zero attached hydrogens (tertiary/aromatic N) is 2. The fourth-order valence-corrected chi connectivity index (χ4v) is 2.19. The summed E-state index contributed by atoms with van der Waals surface area (Å²) < 4.78 is 18.6. The molecule has 5 nitrogen and oxygen atoms in total. The molecular formula is C17H30FIN4O. The number of rotatable bonds is 10. The first kappa shape index (κ1) is 23.1. The first-order valence-corrected chi connectivity index (χ1v) is 8.02. The standard InChI is InChI=1S/C17H29FN4O.HI/c1-19-17(21-11-13-22(2)12-6-14-23-3)20-10-9-15-7-4-5-8-16(15)18;/h4-5,7-8H,6,9-14H2,1-3H3,(H2,19,20,21);1H. The van der Waals surface area contributed by atoms with E-state index in [0.717, 1.165) is 38.6 Å². The fourth-order valence-electron chi connectivity index (χ4n) is 2.19. The number of methoxy groups -OCH3 is 1. The zero-order valence-electron chi connectivity index (χ0n) is 14.8. The lowest BCUT2D eigenvalue weighted by atomic mass is 10.1. The molecule has 0 radical (unpaired) electrons. The number of halogens is 2. The summed E-state index contributed by atoms with van der Waals surface area (Å²) in [5, 5.41) is 6.47. The molecule has 0 saturated carbocycles. The normalized spacial score (nSPS) is 11.3. The van der Waals surface area contributed by atoms with E-state index in [1.165, 1.54) is 6.07 Å². The summed E-state index contributed by atoms with van der Waals surface area (Å²) in [6.07, 6.45) is 1.66. The van der Waals surface area contributed by atoms with Gasteiger partial charge in [-0.25, -0.2) is 4.39 Å². The Kier molecular flexibility index (Phi) is 13.9. The van der Waals surface area contributed by atoms with Crippen LogP contribution in [0.4, 0.5) is 4.39 Å². The molecule has 0 aliphatic heterocycles. The number of nitrogens with one attached hydrogen (secondary N) is 2. The Bertz CT molecular complexity index is 474. The van der Waals surface area contributed by atoms with Crippen LogP contribution < -0.4 is 10.6 Å². The first-order valence-electron chi connectivity index (χ1n) is 8.02. The van der Waals surface area contributed by atoms with Gasteiger partial charge in [-0.15, -0.1) is 24.0 Å². The van der Waals surface area contributed by atoms with Gasteiger partial charge in [0.25, 0.3) is 0 Å². The van der Waals surface area contributed by atoms with E-state index >= 15 is 0 Å². The molecule has 0 heterocycles. The van der Waals surface area contributed by atoms with Crippen LogP contribution in [0.1, 0.15) is 12.0 Å². The minimum absolute atomic E-state index is 0. The van der Waals surface area contributed by atoms with E-state index in [1.54, 1.807) is 20.2 Å². The van der Waals surface area contributed by atoms with Gasteiger partial charge in [-0.05, 0) is 31.5 Å². The number of aliphatic imine (C=N–C) groups is 1. The smallest absolute Gasteiger partial charge is 0.191 e. The van der Waals surface area contributed by atoms with Crippen LogP contribution in [0.3, 0.4) is 0 Å². The molecule has 7 heteroatoms. The van der Waals surface area contributed by atoms with Crippen molar-refractivity contribution in [1.29, 1.82) is 0 Å². The molecule has 138 valence electrons. The van der Waals surface area contributed by atoms with Crippen molar-refractivity contribution in [3.63, 3.8) is 0 Å². The molecule has 1 aromatic carbocycles. The summed E-state index contributed by atoms with van der Waals surface area (Å²) in [5.41, 5.74) is 0.716. The van der Waals surface area contributed by atoms with E-state index in [9.17, 15) is 4.39 Å². The van der Waals surface area contributed by atoms with Gasteiger partial charge in [-0.2, -0.15) is 0 Å². The third-order valence-electron chi connectivity index (χ3n) is 3.54. The highest BCUT2D eigenvalue weighted by Gasteiger charge is 2.02. The molecule has 0 atom stereocenters. The van der Waals surface area contributed by atoms with Gasteiger partial charge in [-0.3, -0.25) is 4.99 Å². The number of ether oxygens (including phenoxy) is 1. The molecule has 24 heavy (non-hydrogen) atoms. The Morgan fingerprint density at radius 1 is 1.21 bits per heavy atom. The average Bonchev–Trinajstić information content (AvgIpc) is 2.55. The average molecular weight is 452 g/mol. The highest BCUT2D eigenvalue weighted by atomic mass is 127. The Labute approximate surface area is 162 Å². The van der Waals surface area contributed by atoms with Crippen molar-refractivity contribution >= 4 is 29.9 Å². The molecule has 0 bridgehead atoms. The van der Waals surface area contributed by atoms with E-state index in [2.05, 4.69) is 27.6 Å². The van der Waals surface area contributed by atoms with E-state index < -0.39 is 0 Å². The van der Waals surface area contributed by atoms with Crippen molar-refractivity contribution in [3.05, 3.63) is 35.6 Å². The second-order valence-electron chi connectivity index (χ2n) is 5.42. The van der Waals surface area contributed by atoms with Crippen LogP contribution in [0.25, 0.3) is 0 Å². The van der Waals surface area contributed by atoms with Crippen molar-refractivity contribution in [2.75, 3.05) is 54.0 Å². The van der Waals surface area contributed by atoms with E-state index in [1.807, 2.05) is 12.1 Å². The lowest BCUT2D eigenvalue weighted by Crippen LogP contribution is -2.41. The fraction of sp³-hybridized carbons (Fsp3) is 0.588. The van der Waals surface area contributed by atoms with Gasteiger partial charge in [0.05, 0.1) is 0 Å². The van der Waals surface area contributed by atoms with Crippen molar-refractivity contribution in [2.24, 2.45) is 4.99 Å². The van der Waals surface area contributed by atoms with Crippen LogP contribution in [-0.4, -0.2) is 64.9 Å². The first-order chi connectivity index (χ1) is 11.2. The zero-order valence-corrected chi connectivity index (χ0v) is 17.2. The van der Waals surface area contributed by atoms with Crippen LogP contribution in [0.15, 0.2) is 29.3 Å². The van der Waals surface area contributed by atoms with Gasteiger partial charge in [-0.1, -0.05) is 18.2 Å². The molecule has 0 saturated heterocycles. The van der Waals surface area contributed by atoms with Gasteiger partial charge in [0, 0.05) is 46.9 Å². The van der Waals surface area contributed by atoms with E-state index in [0.29, 0.717) is 18.5 Å². The minimum atomic E-state index is -0.157. The van der Waals surface area contributed by atoms with Gasteiger partial charge in [0.1, 0.15) is 5.82 Å². The molecule has 0 aromatic heterocycles. The Morgan fingerprint density at radius 3 is 2.58 bits per heavy atom. The number of guanidine groups is 1. The molecule has 0 unspecified atom stereocenters. The summed E-state index contributed by atoms with van der Waals surface area (Å²) in [7, 11) is 5.55.